The third-order valence-electron chi connectivity index (χ3n) is 4.48. The highest BCUT2D eigenvalue weighted by atomic mass is 16.1. The molecule has 3 fully saturated rings. The van der Waals surface area contributed by atoms with Crippen LogP contribution in [0.1, 0.15) is 32.1 Å². The van der Waals surface area contributed by atoms with Gasteiger partial charge in [0, 0.05) is 5.92 Å². The molecule has 0 aromatic heterocycles. The molecular formula is C10H15NO. The van der Waals surface area contributed by atoms with Crippen molar-refractivity contribution in [1.29, 1.82) is 0 Å². The van der Waals surface area contributed by atoms with Crippen LogP contribution in [0.3, 0.4) is 0 Å². The van der Waals surface area contributed by atoms with Crippen molar-refractivity contribution in [3.63, 3.8) is 0 Å². The van der Waals surface area contributed by atoms with Gasteiger partial charge in [-0.2, -0.15) is 0 Å². The molecule has 0 aromatic rings. The third-order valence-corrected chi connectivity index (χ3v) is 4.48. The zero-order valence-electron chi connectivity index (χ0n) is 7.25. The lowest BCUT2D eigenvalue weighted by Gasteiger charge is -2.21. The van der Waals surface area contributed by atoms with Gasteiger partial charge in [0.05, 0.1) is 0 Å². The van der Waals surface area contributed by atoms with E-state index in [1.165, 1.54) is 25.7 Å². The molecule has 4 unspecified atom stereocenters. The molecule has 2 bridgehead atoms. The van der Waals surface area contributed by atoms with Gasteiger partial charge in [-0.15, -0.1) is 0 Å². The SMILES string of the molecule is NC(=O)C1CC12CC1CCC2C1. The van der Waals surface area contributed by atoms with E-state index in [0.717, 1.165) is 18.3 Å². The van der Waals surface area contributed by atoms with Crippen molar-refractivity contribution in [2.45, 2.75) is 32.1 Å². The van der Waals surface area contributed by atoms with E-state index in [9.17, 15) is 4.79 Å². The average molecular weight is 165 g/mol. The van der Waals surface area contributed by atoms with E-state index in [2.05, 4.69) is 0 Å². The highest BCUT2D eigenvalue weighted by molar-refractivity contribution is 5.81. The minimum Gasteiger partial charge on any atom is -0.369 e. The Labute approximate surface area is 72.5 Å². The maximum Gasteiger partial charge on any atom is 0.221 e. The Kier molecular flexibility index (Phi) is 1.07. The lowest BCUT2D eigenvalue weighted by atomic mass is 9.83. The Balaban J connectivity index is 1.84. The third kappa shape index (κ3) is 0.644. The number of amides is 1. The number of hydrogen-bond acceptors (Lipinski definition) is 1. The quantitative estimate of drug-likeness (QED) is 0.625. The summed E-state index contributed by atoms with van der Waals surface area (Å²) in [7, 11) is 0. The molecule has 3 aliphatic carbocycles. The first-order valence-electron chi connectivity index (χ1n) is 5.02. The van der Waals surface area contributed by atoms with Gasteiger partial charge < -0.3 is 5.73 Å². The Morgan fingerprint density at radius 3 is 2.58 bits per heavy atom. The molecule has 3 aliphatic rings. The zero-order valence-corrected chi connectivity index (χ0v) is 7.25. The van der Waals surface area contributed by atoms with E-state index < -0.39 is 0 Å². The van der Waals surface area contributed by atoms with Crippen LogP contribution >= 0.6 is 0 Å². The summed E-state index contributed by atoms with van der Waals surface area (Å²) in [4.78, 5) is 11.0. The van der Waals surface area contributed by atoms with Crippen LogP contribution in [0.5, 0.6) is 0 Å². The van der Waals surface area contributed by atoms with Crippen LogP contribution in [0.4, 0.5) is 0 Å². The molecule has 4 atom stereocenters. The van der Waals surface area contributed by atoms with E-state index in [1.54, 1.807) is 0 Å². The molecule has 3 rings (SSSR count). The maximum absolute atomic E-state index is 11.0. The summed E-state index contributed by atoms with van der Waals surface area (Å²) in [6, 6.07) is 0. The summed E-state index contributed by atoms with van der Waals surface area (Å²) >= 11 is 0. The van der Waals surface area contributed by atoms with Crippen molar-refractivity contribution in [3.05, 3.63) is 0 Å². The summed E-state index contributed by atoms with van der Waals surface area (Å²) in [5, 5.41) is 0. The predicted octanol–water partition coefficient (Wildman–Crippen LogP) is 1.30. The fourth-order valence-electron chi connectivity index (χ4n) is 3.87. The van der Waals surface area contributed by atoms with Crippen molar-refractivity contribution in [1.82, 2.24) is 0 Å². The summed E-state index contributed by atoms with van der Waals surface area (Å²) in [6.07, 6.45) is 6.60. The monoisotopic (exact) mass is 165 g/mol. The Bertz CT molecular complexity index is 250. The Morgan fingerprint density at radius 2 is 2.17 bits per heavy atom. The molecule has 0 heterocycles. The van der Waals surface area contributed by atoms with Crippen LogP contribution in [0.25, 0.3) is 0 Å². The minimum absolute atomic E-state index is 0.0393. The van der Waals surface area contributed by atoms with Crippen LogP contribution in [0, 0.1) is 23.2 Å². The second kappa shape index (κ2) is 1.86. The fraction of sp³-hybridized carbons (Fsp3) is 0.900. The van der Waals surface area contributed by atoms with Crippen molar-refractivity contribution in [2.75, 3.05) is 0 Å². The highest BCUT2D eigenvalue weighted by Crippen LogP contribution is 2.71. The highest BCUT2D eigenvalue weighted by Gasteiger charge is 2.66. The smallest absolute Gasteiger partial charge is 0.221 e. The molecule has 2 N–H and O–H groups in total. The number of carbonyl (C=O) groups is 1. The molecule has 1 amide bonds. The summed E-state index contributed by atoms with van der Waals surface area (Å²) < 4.78 is 0. The van der Waals surface area contributed by atoms with Crippen molar-refractivity contribution in [2.24, 2.45) is 28.9 Å². The Hall–Kier alpha value is -0.530. The van der Waals surface area contributed by atoms with Crippen molar-refractivity contribution in [3.8, 4) is 0 Å². The van der Waals surface area contributed by atoms with Crippen molar-refractivity contribution < 1.29 is 4.79 Å². The van der Waals surface area contributed by atoms with Gasteiger partial charge in [0.2, 0.25) is 5.91 Å². The molecule has 2 nitrogen and oxygen atoms in total. The van der Waals surface area contributed by atoms with Crippen LogP contribution in [-0.4, -0.2) is 5.91 Å². The molecule has 12 heavy (non-hydrogen) atoms. The van der Waals surface area contributed by atoms with Gasteiger partial charge in [-0.3, -0.25) is 4.79 Å². The Morgan fingerprint density at radius 1 is 1.33 bits per heavy atom. The molecule has 2 heteroatoms. The number of nitrogens with two attached hydrogens (primary N) is 1. The molecule has 0 saturated heterocycles. The van der Waals surface area contributed by atoms with Gasteiger partial charge in [0.1, 0.15) is 0 Å². The first-order valence-corrected chi connectivity index (χ1v) is 5.02. The van der Waals surface area contributed by atoms with Crippen LogP contribution in [-0.2, 0) is 4.79 Å². The van der Waals surface area contributed by atoms with Crippen LogP contribution < -0.4 is 5.73 Å². The van der Waals surface area contributed by atoms with Crippen LogP contribution in [0.2, 0.25) is 0 Å². The van der Waals surface area contributed by atoms with Gasteiger partial charge in [0.25, 0.3) is 0 Å². The normalized spacial score (nSPS) is 54.8. The molecule has 1 spiro atoms. The van der Waals surface area contributed by atoms with Gasteiger partial charge in [-0.05, 0) is 42.9 Å². The first-order chi connectivity index (χ1) is 5.72. The fourth-order valence-corrected chi connectivity index (χ4v) is 3.87. The molecule has 0 aliphatic heterocycles. The number of rotatable bonds is 1. The molecule has 66 valence electrons. The molecule has 3 saturated carbocycles. The topological polar surface area (TPSA) is 43.1 Å². The largest absolute Gasteiger partial charge is 0.369 e. The summed E-state index contributed by atoms with van der Waals surface area (Å²) in [5.74, 6) is 2.02. The molecule has 0 aromatic carbocycles. The first kappa shape index (κ1) is 6.93. The van der Waals surface area contributed by atoms with E-state index in [0.29, 0.717) is 5.41 Å². The lowest BCUT2D eigenvalue weighted by Crippen LogP contribution is -2.22. The standard InChI is InChI=1S/C10H15NO/c11-9(12)8-5-10(8)4-6-1-2-7(10)3-6/h6-8H,1-5H2,(H2,11,12). The van der Waals surface area contributed by atoms with Gasteiger partial charge in [0.15, 0.2) is 0 Å². The van der Waals surface area contributed by atoms with Crippen molar-refractivity contribution >= 4 is 5.91 Å². The van der Waals surface area contributed by atoms with E-state index in [4.69, 9.17) is 5.73 Å². The number of primary amides is 1. The molecule has 0 radical (unpaired) electrons. The summed E-state index contributed by atoms with van der Waals surface area (Å²) in [5.41, 5.74) is 5.77. The number of hydrogen-bond donors (Lipinski definition) is 1. The second-order valence-electron chi connectivity index (χ2n) is 4.97. The average Bonchev–Trinajstić information content (AvgIpc) is 2.39. The van der Waals surface area contributed by atoms with Gasteiger partial charge in [-0.1, -0.05) is 6.42 Å². The predicted molar refractivity (Wildman–Crippen MR) is 45.2 cm³/mol. The second-order valence-corrected chi connectivity index (χ2v) is 4.97. The number of fused-ring (bicyclic) bond motifs is 3. The van der Waals surface area contributed by atoms with Crippen LogP contribution in [0.15, 0.2) is 0 Å². The molecular weight excluding hydrogens is 150 g/mol. The van der Waals surface area contributed by atoms with E-state index >= 15 is 0 Å². The van der Waals surface area contributed by atoms with E-state index in [1.807, 2.05) is 0 Å². The lowest BCUT2D eigenvalue weighted by molar-refractivity contribution is -0.120. The summed E-state index contributed by atoms with van der Waals surface area (Å²) in [6.45, 7) is 0. The number of carbonyl (C=O) groups excluding carboxylic acids is 1. The van der Waals surface area contributed by atoms with E-state index in [-0.39, 0.29) is 11.8 Å². The maximum atomic E-state index is 11.0. The minimum atomic E-state index is -0.0393. The van der Waals surface area contributed by atoms with Gasteiger partial charge >= 0.3 is 0 Å². The van der Waals surface area contributed by atoms with Gasteiger partial charge in [-0.25, -0.2) is 0 Å². The zero-order chi connectivity index (χ0) is 8.34.